The first-order chi connectivity index (χ1) is 6.77. The van der Waals surface area contributed by atoms with E-state index in [9.17, 15) is 0 Å². The third-order valence-electron chi connectivity index (χ3n) is 3.10. The zero-order valence-corrected chi connectivity index (χ0v) is 15.6. The van der Waals surface area contributed by atoms with Gasteiger partial charge in [0.2, 0.25) is 0 Å². The molecule has 4 heteroatoms. The Bertz CT molecular complexity index is 182. The first-order valence-corrected chi connectivity index (χ1v) is 5.61. The molecule has 0 aromatic heterocycles. The van der Waals surface area contributed by atoms with Crippen LogP contribution in [-0.2, 0) is 4.74 Å². The van der Waals surface area contributed by atoms with Gasteiger partial charge in [-0.05, 0) is 19.4 Å². The van der Waals surface area contributed by atoms with Crippen LogP contribution in [0.4, 0.5) is 0 Å². The average molecular weight is 280 g/mol. The van der Waals surface area contributed by atoms with Crippen molar-refractivity contribution in [3.63, 3.8) is 0 Å². The summed E-state index contributed by atoms with van der Waals surface area (Å²) < 4.78 is 5.27. The van der Waals surface area contributed by atoms with Crippen molar-refractivity contribution < 1.29 is 62.9 Å². The van der Waals surface area contributed by atoms with Gasteiger partial charge >= 0.3 is 58.2 Å². The zero-order valence-electron chi connectivity index (χ0n) is 10.7. The maximum atomic E-state index is 5.86. The predicted molar refractivity (Wildman–Crippen MR) is 60.4 cm³/mol. The Kier molecular flexibility index (Phi) is 8.94. The molecule has 2 fully saturated rings. The third kappa shape index (κ3) is 3.89. The van der Waals surface area contributed by atoms with Gasteiger partial charge in [0, 0.05) is 12.6 Å². The van der Waals surface area contributed by atoms with Crippen molar-refractivity contribution in [1.29, 1.82) is 0 Å². The standard InChI is InChI=1S/C9H15BNO.C2H6.Rb/c1-12-7-9-3-2-4-11(9)6-8(10)5-9;1-2;/h2-7H2,1H3;1-2H3;/q-1;;+1. The molecule has 0 N–H and O–H groups in total. The van der Waals surface area contributed by atoms with Crippen LogP contribution in [0.3, 0.4) is 0 Å². The number of methoxy groups -OCH3 is 1. The topological polar surface area (TPSA) is 12.5 Å². The fourth-order valence-electron chi connectivity index (χ4n) is 2.65. The molecule has 0 aliphatic carbocycles. The van der Waals surface area contributed by atoms with Crippen molar-refractivity contribution in [2.75, 3.05) is 26.8 Å². The van der Waals surface area contributed by atoms with Gasteiger partial charge in [0.1, 0.15) is 0 Å². The predicted octanol–water partition coefficient (Wildman–Crippen LogP) is -1.40. The average Bonchev–Trinajstić information content (AvgIpc) is 2.64. The summed E-state index contributed by atoms with van der Waals surface area (Å²) in [5.74, 6) is 1.13. The summed E-state index contributed by atoms with van der Waals surface area (Å²) in [6.07, 6.45) is 3.60. The molecule has 2 saturated heterocycles. The molecule has 2 heterocycles. The van der Waals surface area contributed by atoms with E-state index in [2.05, 4.69) is 4.90 Å². The number of rotatable bonds is 2. The van der Waals surface area contributed by atoms with Crippen molar-refractivity contribution in [1.82, 2.24) is 4.90 Å². The fraction of sp³-hybridized carbons (Fsp3) is 0.909. The number of hydrogen-bond acceptors (Lipinski definition) is 2. The van der Waals surface area contributed by atoms with Gasteiger partial charge in [0.25, 0.3) is 0 Å². The van der Waals surface area contributed by atoms with Crippen LogP contribution in [0.25, 0.3) is 0 Å². The second kappa shape index (κ2) is 7.99. The molecular formula is C11H21BNORb. The van der Waals surface area contributed by atoms with Crippen LogP contribution < -0.4 is 58.2 Å². The molecule has 2 nitrogen and oxygen atoms in total. The van der Waals surface area contributed by atoms with E-state index in [1.807, 2.05) is 13.8 Å². The third-order valence-corrected chi connectivity index (χ3v) is 3.10. The molecule has 1 unspecified atom stereocenters. The first-order valence-electron chi connectivity index (χ1n) is 5.61. The molecular weight excluding hydrogens is 258 g/mol. The Hall–Kier alpha value is 1.79. The molecule has 0 aromatic carbocycles. The van der Waals surface area contributed by atoms with Gasteiger partial charge in [-0.15, -0.1) is 6.54 Å². The van der Waals surface area contributed by atoms with Gasteiger partial charge in [0.15, 0.2) is 0 Å². The van der Waals surface area contributed by atoms with Gasteiger partial charge in [-0.25, -0.2) is 0 Å². The molecule has 0 spiro atoms. The Morgan fingerprint density at radius 3 is 2.73 bits per heavy atom. The van der Waals surface area contributed by atoms with E-state index >= 15 is 0 Å². The Labute approximate surface area is 145 Å². The fourth-order valence-corrected chi connectivity index (χ4v) is 2.65. The maximum Gasteiger partial charge on any atom is 1.00 e. The smallest absolute Gasteiger partial charge is 0.383 e. The first kappa shape index (κ1) is 16.8. The SMILES string of the molecule is CC.[B][C-]1CN2CCCC2(COC)C1.[Rb+]. The van der Waals surface area contributed by atoms with E-state index in [0.717, 1.165) is 25.4 Å². The monoisotopic (exact) mass is 279 g/mol. The van der Waals surface area contributed by atoms with Gasteiger partial charge in [-0.1, -0.05) is 13.8 Å². The summed E-state index contributed by atoms with van der Waals surface area (Å²) in [6, 6.07) is 0. The summed E-state index contributed by atoms with van der Waals surface area (Å²) in [7, 11) is 7.64. The number of ether oxygens (including phenoxy) is 1. The van der Waals surface area contributed by atoms with E-state index in [-0.39, 0.29) is 63.7 Å². The van der Waals surface area contributed by atoms with Crippen molar-refractivity contribution in [3.8, 4) is 0 Å². The largest absolute Gasteiger partial charge is 1.00 e. The Balaban J connectivity index is 0.000000617. The van der Waals surface area contributed by atoms with Crippen molar-refractivity contribution in [3.05, 3.63) is 5.82 Å². The summed E-state index contributed by atoms with van der Waals surface area (Å²) in [5, 5.41) is 0. The summed E-state index contributed by atoms with van der Waals surface area (Å²) in [5.41, 5.74) is 0.277. The van der Waals surface area contributed by atoms with Crippen LogP contribution in [0.5, 0.6) is 0 Å². The maximum absolute atomic E-state index is 5.86. The number of nitrogens with zero attached hydrogens (tertiary/aromatic N) is 1. The second-order valence-corrected chi connectivity index (χ2v) is 4.02. The van der Waals surface area contributed by atoms with Crippen LogP contribution in [-0.4, -0.2) is 45.1 Å². The van der Waals surface area contributed by atoms with Gasteiger partial charge in [-0.2, -0.15) is 14.3 Å². The van der Waals surface area contributed by atoms with Gasteiger partial charge in [0.05, 0.1) is 6.61 Å². The molecule has 0 amide bonds. The molecule has 0 saturated carbocycles. The molecule has 0 bridgehead atoms. The summed E-state index contributed by atoms with van der Waals surface area (Å²) in [4.78, 5) is 2.48. The minimum atomic E-state index is 0. The normalized spacial score (nSPS) is 30.3. The molecule has 2 radical (unpaired) electrons. The molecule has 2 aliphatic rings. The Morgan fingerprint density at radius 2 is 2.13 bits per heavy atom. The summed E-state index contributed by atoms with van der Waals surface area (Å²) in [6.45, 7) is 7.03. The van der Waals surface area contributed by atoms with Crippen molar-refractivity contribution in [2.24, 2.45) is 0 Å². The van der Waals surface area contributed by atoms with Crippen molar-refractivity contribution >= 4 is 7.85 Å². The zero-order chi connectivity index (χ0) is 10.6. The minimum absolute atomic E-state index is 0. The summed E-state index contributed by atoms with van der Waals surface area (Å²) >= 11 is 0. The molecule has 0 aromatic rings. The van der Waals surface area contributed by atoms with Crippen molar-refractivity contribution in [2.45, 2.75) is 38.6 Å². The van der Waals surface area contributed by atoms with Crippen LogP contribution in [0.1, 0.15) is 33.1 Å². The van der Waals surface area contributed by atoms with Crippen LogP contribution >= 0.6 is 0 Å². The number of fused-ring (bicyclic) bond motifs is 1. The molecule has 1 atom stereocenters. The number of hydrogen-bond donors (Lipinski definition) is 0. The van der Waals surface area contributed by atoms with Crippen LogP contribution in [0.2, 0.25) is 0 Å². The van der Waals surface area contributed by atoms with E-state index in [0.29, 0.717) is 0 Å². The molecule has 2 aliphatic heterocycles. The van der Waals surface area contributed by atoms with E-state index in [1.54, 1.807) is 7.11 Å². The molecule has 15 heavy (non-hydrogen) atoms. The van der Waals surface area contributed by atoms with E-state index < -0.39 is 0 Å². The Morgan fingerprint density at radius 1 is 1.47 bits per heavy atom. The second-order valence-electron chi connectivity index (χ2n) is 4.02. The van der Waals surface area contributed by atoms with Crippen LogP contribution in [0, 0.1) is 5.82 Å². The van der Waals surface area contributed by atoms with E-state index in [4.69, 9.17) is 12.6 Å². The minimum Gasteiger partial charge on any atom is -0.383 e. The van der Waals surface area contributed by atoms with E-state index in [1.165, 1.54) is 19.4 Å². The molecule has 2 rings (SSSR count). The van der Waals surface area contributed by atoms with Gasteiger partial charge < -0.3 is 15.5 Å². The van der Waals surface area contributed by atoms with Gasteiger partial charge in [-0.3, -0.25) is 0 Å². The quantitative estimate of drug-likeness (QED) is 0.455. The van der Waals surface area contributed by atoms with Crippen LogP contribution in [0.15, 0.2) is 0 Å². The molecule has 80 valence electrons.